The molecule has 0 atom stereocenters. The van der Waals surface area contributed by atoms with E-state index in [-0.39, 0.29) is 23.6 Å². The summed E-state index contributed by atoms with van der Waals surface area (Å²) in [6, 6.07) is 9.29. The van der Waals surface area contributed by atoms with E-state index < -0.39 is 11.7 Å². The predicted molar refractivity (Wildman–Crippen MR) is 131 cm³/mol. The zero-order valence-corrected chi connectivity index (χ0v) is 20.1. The molecule has 0 spiro atoms. The van der Waals surface area contributed by atoms with Gasteiger partial charge >= 0.3 is 12.1 Å². The van der Waals surface area contributed by atoms with Crippen molar-refractivity contribution in [1.29, 1.82) is 0 Å². The minimum absolute atomic E-state index is 0.0456. The van der Waals surface area contributed by atoms with Gasteiger partial charge in [-0.1, -0.05) is 6.58 Å². The van der Waals surface area contributed by atoms with Crippen molar-refractivity contribution in [1.82, 2.24) is 15.0 Å². The normalized spacial score (nSPS) is 17.9. The van der Waals surface area contributed by atoms with Crippen molar-refractivity contribution in [3.63, 3.8) is 0 Å². The van der Waals surface area contributed by atoms with Gasteiger partial charge in [-0.3, -0.25) is 9.78 Å². The van der Waals surface area contributed by atoms with E-state index in [4.69, 9.17) is 4.74 Å². The van der Waals surface area contributed by atoms with Crippen LogP contribution in [-0.2, 0) is 15.7 Å². The number of hydrogen-bond acceptors (Lipinski definition) is 6. The van der Waals surface area contributed by atoms with Crippen LogP contribution in [0.5, 0.6) is 0 Å². The fraction of sp³-hybridized carbons (Fsp3) is 0.333. The van der Waals surface area contributed by atoms with Crippen LogP contribution in [0, 0.1) is 18.8 Å². The highest BCUT2D eigenvalue weighted by molar-refractivity contribution is 5.73. The molecule has 0 aliphatic heterocycles. The number of aryl methyl sites for hydroxylation is 1. The lowest BCUT2D eigenvalue weighted by molar-refractivity contribution is -0.146. The third kappa shape index (κ3) is 5.90. The quantitative estimate of drug-likeness (QED) is 0.388. The van der Waals surface area contributed by atoms with E-state index in [9.17, 15) is 18.0 Å². The molecule has 6 nitrogen and oxygen atoms in total. The molecule has 0 radical (unpaired) electrons. The summed E-state index contributed by atoms with van der Waals surface area (Å²) in [7, 11) is 1.42. The third-order valence-corrected chi connectivity index (χ3v) is 6.46. The van der Waals surface area contributed by atoms with E-state index in [2.05, 4.69) is 26.8 Å². The van der Waals surface area contributed by atoms with Crippen LogP contribution in [0.1, 0.15) is 42.5 Å². The minimum atomic E-state index is -4.46. The Morgan fingerprint density at radius 2 is 1.75 bits per heavy atom. The highest BCUT2D eigenvalue weighted by atomic mass is 19.4. The van der Waals surface area contributed by atoms with Crippen LogP contribution in [0.3, 0.4) is 0 Å². The summed E-state index contributed by atoms with van der Waals surface area (Å²) in [5.74, 6) is 0.506. The molecule has 0 unspecified atom stereocenters. The summed E-state index contributed by atoms with van der Waals surface area (Å²) in [6.07, 6.45) is 1.65. The molecule has 3 aromatic heterocycles. The molecular weight excluding hydrogens is 469 g/mol. The second kappa shape index (κ2) is 10.5. The highest BCUT2D eigenvalue weighted by Crippen LogP contribution is 2.37. The molecule has 0 saturated heterocycles. The Balaban J connectivity index is 1.47. The minimum Gasteiger partial charge on any atom is -0.469 e. The lowest BCUT2D eigenvalue weighted by atomic mass is 9.78. The number of nitrogens with zero attached hydrogens (tertiary/aromatic N) is 3. The van der Waals surface area contributed by atoms with E-state index in [1.807, 2.05) is 25.1 Å². The van der Waals surface area contributed by atoms with Gasteiger partial charge < -0.3 is 10.1 Å². The van der Waals surface area contributed by atoms with Gasteiger partial charge in [0.2, 0.25) is 0 Å². The monoisotopic (exact) mass is 496 g/mol. The topological polar surface area (TPSA) is 77.0 Å². The molecule has 1 aliphatic rings. The van der Waals surface area contributed by atoms with Crippen molar-refractivity contribution in [2.75, 3.05) is 12.4 Å². The second-order valence-electron chi connectivity index (χ2n) is 9.00. The molecule has 1 aliphatic carbocycles. The fourth-order valence-corrected chi connectivity index (χ4v) is 4.47. The number of methoxy groups -OCH3 is 1. The number of carbonyl (C=O) groups is 1. The maximum atomic E-state index is 13.0. The van der Waals surface area contributed by atoms with Gasteiger partial charge in [0.25, 0.3) is 0 Å². The van der Waals surface area contributed by atoms with Gasteiger partial charge in [-0.05, 0) is 86.1 Å². The van der Waals surface area contributed by atoms with Gasteiger partial charge in [0.15, 0.2) is 0 Å². The number of aromatic nitrogens is 3. The van der Waals surface area contributed by atoms with E-state index >= 15 is 0 Å². The standard InChI is InChI=1S/C27H27F3N4O2/c1-16-12-23(33-25(13-16)34-24-14-21(10-11-31-24)27(28,29)30)20-8-9-22(32-15-20)17(2)18-4-6-19(7-5-18)26(35)36-3/h8-15,18-19H,2,4-7H2,1,3H3,(H,31,33,34)/t18-,19-. The Labute approximate surface area is 207 Å². The summed E-state index contributed by atoms with van der Waals surface area (Å²) in [5.41, 5.74) is 3.23. The largest absolute Gasteiger partial charge is 0.469 e. The highest BCUT2D eigenvalue weighted by Gasteiger charge is 2.31. The van der Waals surface area contributed by atoms with Crippen molar-refractivity contribution in [2.45, 2.75) is 38.8 Å². The number of alkyl halides is 3. The fourth-order valence-electron chi connectivity index (χ4n) is 4.47. The van der Waals surface area contributed by atoms with Gasteiger partial charge in [0.1, 0.15) is 11.6 Å². The lowest BCUT2D eigenvalue weighted by Gasteiger charge is -2.28. The number of nitrogens with one attached hydrogen (secondary N) is 1. The van der Waals surface area contributed by atoms with Crippen molar-refractivity contribution < 1.29 is 22.7 Å². The molecule has 1 fully saturated rings. The number of hydrogen-bond donors (Lipinski definition) is 1. The number of halogens is 3. The summed E-state index contributed by atoms with van der Waals surface area (Å²) in [6.45, 7) is 6.13. The van der Waals surface area contributed by atoms with Crippen molar-refractivity contribution in [3.05, 3.63) is 72.2 Å². The van der Waals surface area contributed by atoms with Crippen LogP contribution < -0.4 is 5.32 Å². The first-order chi connectivity index (χ1) is 17.1. The van der Waals surface area contributed by atoms with E-state index in [0.717, 1.165) is 66.4 Å². The maximum Gasteiger partial charge on any atom is 0.416 e. The van der Waals surface area contributed by atoms with E-state index in [0.29, 0.717) is 11.5 Å². The number of ether oxygens (including phenoxy) is 1. The molecule has 3 aromatic rings. The van der Waals surface area contributed by atoms with Crippen LogP contribution in [0.15, 0.2) is 55.4 Å². The molecule has 0 amide bonds. The summed E-state index contributed by atoms with van der Waals surface area (Å²) in [5, 5.41) is 2.87. The van der Waals surface area contributed by atoms with Gasteiger partial charge in [-0.2, -0.15) is 13.2 Å². The third-order valence-electron chi connectivity index (χ3n) is 6.46. The van der Waals surface area contributed by atoms with E-state index in [1.165, 1.54) is 7.11 Å². The first-order valence-electron chi connectivity index (χ1n) is 11.7. The molecule has 0 bridgehead atoms. The Morgan fingerprint density at radius 3 is 2.39 bits per heavy atom. The van der Waals surface area contributed by atoms with Crippen LogP contribution in [-0.4, -0.2) is 28.0 Å². The number of allylic oxidation sites excluding steroid dienone is 1. The van der Waals surface area contributed by atoms with Crippen LogP contribution >= 0.6 is 0 Å². The van der Waals surface area contributed by atoms with Gasteiger partial charge in [-0.15, -0.1) is 0 Å². The molecule has 0 aromatic carbocycles. The summed E-state index contributed by atoms with van der Waals surface area (Å²) in [4.78, 5) is 24.9. The van der Waals surface area contributed by atoms with Crippen LogP contribution in [0.25, 0.3) is 16.8 Å². The number of pyridine rings is 3. The molecular formula is C27H27F3N4O2. The Hall–Kier alpha value is -3.75. The van der Waals surface area contributed by atoms with Gasteiger partial charge in [-0.25, -0.2) is 9.97 Å². The van der Waals surface area contributed by atoms with Crippen molar-refractivity contribution in [2.24, 2.45) is 11.8 Å². The lowest BCUT2D eigenvalue weighted by Crippen LogP contribution is -2.23. The molecule has 36 heavy (non-hydrogen) atoms. The van der Waals surface area contributed by atoms with Crippen molar-refractivity contribution >= 4 is 23.2 Å². The second-order valence-corrected chi connectivity index (χ2v) is 9.00. The Morgan fingerprint density at radius 1 is 1.03 bits per heavy atom. The van der Waals surface area contributed by atoms with Crippen LogP contribution in [0.2, 0.25) is 0 Å². The number of esters is 1. The van der Waals surface area contributed by atoms with E-state index in [1.54, 1.807) is 12.3 Å². The first kappa shape index (κ1) is 25.3. The maximum absolute atomic E-state index is 13.0. The summed E-state index contributed by atoms with van der Waals surface area (Å²) < 4.78 is 43.9. The predicted octanol–water partition coefficient (Wildman–Crippen LogP) is 6.60. The van der Waals surface area contributed by atoms with Crippen LogP contribution in [0.4, 0.5) is 24.8 Å². The van der Waals surface area contributed by atoms with Gasteiger partial charge in [0, 0.05) is 18.0 Å². The average molecular weight is 497 g/mol. The molecule has 188 valence electrons. The Kier molecular flexibility index (Phi) is 7.37. The molecule has 9 heteroatoms. The molecule has 1 saturated carbocycles. The first-order valence-corrected chi connectivity index (χ1v) is 11.7. The average Bonchev–Trinajstić information content (AvgIpc) is 2.87. The number of anilines is 2. The Bertz CT molecular complexity index is 1250. The zero-order chi connectivity index (χ0) is 25.9. The number of rotatable bonds is 6. The molecule has 1 N–H and O–H groups in total. The zero-order valence-electron chi connectivity index (χ0n) is 20.1. The van der Waals surface area contributed by atoms with Crippen molar-refractivity contribution in [3.8, 4) is 11.3 Å². The molecule has 3 heterocycles. The summed E-state index contributed by atoms with van der Waals surface area (Å²) >= 11 is 0. The smallest absolute Gasteiger partial charge is 0.416 e. The SMILES string of the molecule is C=C(c1ccc(-c2cc(C)cc(Nc3cc(C(F)(F)F)ccn3)n2)cn1)[C@H]1CC[C@H](C(=O)OC)CC1. The van der Waals surface area contributed by atoms with Gasteiger partial charge in [0.05, 0.1) is 30.0 Å². The number of carbonyl (C=O) groups excluding carboxylic acids is 1. The molecule has 4 rings (SSSR count).